The topological polar surface area (TPSA) is 39.4 Å². The molecule has 3 nitrogen and oxygen atoms in total. The fourth-order valence-electron chi connectivity index (χ4n) is 7.82. The van der Waals surface area contributed by atoms with Crippen LogP contribution in [0.3, 0.4) is 0 Å². The summed E-state index contributed by atoms with van der Waals surface area (Å²) in [4.78, 5) is 0. The molecule has 0 saturated carbocycles. The molecule has 0 aliphatic heterocycles. The van der Waals surface area contributed by atoms with E-state index >= 15 is 0 Å². The van der Waals surface area contributed by atoms with Crippen molar-refractivity contribution in [3.8, 4) is 44.5 Å². The van der Waals surface area contributed by atoms with Crippen LogP contribution in [-0.2, 0) is 0 Å². The Hall–Kier alpha value is -6.84. The summed E-state index contributed by atoms with van der Waals surface area (Å²) in [5.74, 6) is 0. The first-order valence-corrected chi connectivity index (χ1v) is 17.2. The second-order valence-electron chi connectivity index (χ2n) is 13.2. The Morgan fingerprint density at radius 1 is 0.235 bits per heavy atom. The van der Waals surface area contributed by atoms with Crippen molar-refractivity contribution in [1.29, 1.82) is 0 Å². The Bertz CT molecular complexity index is 2940. The van der Waals surface area contributed by atoms with Crippen LogP contribution >= 0.6 is 0 Å². The van der Waals surface area contributed by atoms with E-state index in [4.69, 9.17) is 13.3 Å². The molecule has 0 N–H and O–H groups in total. The van der Waals surface area contributed by atoms with Crippen molar-refractivity contribution in [1.82, 2.24) is 0 Å². The minimum absolute atomic E-state index is 0.874. The van der Waals surface area contributed by atoms with Crippen LogP contribution < -0.4 is 0 Å². The van der Waals surface area contributed by atoms with Gasteiger partial charge >= 0.3 is 0 Å². The third-order valence-corrected chi connectivity index (χ3v) is 10.3. The molecule has 3 heteroatoms. The van der Waals surface area contributed by atoms with Crippen LogP contribution in [0.4, 0.5) is 0 Å². The summed E-state index contributed by atoms with van der Waals surface area (Å²) in [7, 11) is 0. The van der Waals surface area contributed by atoms with Gasteiger partial charge in [-0.25, -0.2) is 0 Å². The zero-order valence-corrected chi connectivity index (χ0v) is 27.4. The maximum absolute atomic E-state index is 6.37. The Labute approximate surface area is 292 Å². The van der Waals surface area contributed by atoms with E-state index in [1.807, 2.05) is 24.3 Å². The van der Waals surface area contributed by atoms with Gasteiger partial charge in [0.1, 0.15) is 33.5 Å². The molecule has 51 heavy (non-hydrogen) atoms. The molecule has 0 fully saturated rings. The van der Waals surface area contributed by atoms with E-state index in [0.29, 0.717) is 0 Å². The summed E-state index contributed by atoms with van der Waals surface area (Å²) in [5, 5.41) is 6.73. The Morgan fingerprint density at radius 2 is 0.627 bits per heavy atom. The van der Waals surface area contributed by atoms with Gasteiger partial charge in [0.05, 0.1) is 0 Å². The van der Waals surface area contributed by atoms with Crippen molar-refractivity contribution in [3.63, 3.8) is 0 Å². The van der Waals surface area contributed by atoms with Crippen LogP contribution in [0.1, 0.15) is 0 Å². The van der Waals surface area contributed by atoms with Crippen molar-refractivity contribution >= 4 is 65.8 Å². The third-order valence-electron chi connectivity index (χ3n) is 10.3. The molecule has 11 aromatic rings. The van der Waals surface area contributed by atoms with Crippen LogP contribution in [0.15, 0.2) is 183 Å². The first-order valence-electron chi connectivity index (χ1n) is 17.2. The lowest BCUT2D eigenvalue weighted by atomic mass is 9.95. The normalized spacial score (nSPS) is 11.9. The van der Waals surface area contributed by atoms with Gasteiger partial charge in [-0.3, -0.25) is 0 Å². The first kappa shape index (κ1) is 28.0. The van der Waals surface area contributed by atoms with Gasteiger partial charge in [-0.05, 0) is 81.9 Å². The molecule has 0 unspecified atom stereocenters. The summed E-state index contributed by atoms with van der Waals surface area (Å²) in [6, 6.07) is 59.7. The van der Waals surface area contributed by atoms with Crippen LogP contribution in [-0.4, -0.2) is 0 Å². The van der Waals surface area contributed by atoms with Crippen molar-refractivity contribution in [2.45, 2.75) is 0 Å². The van der Waals surface area contributed by atoms with Crippen molar-refractivity contribution in [2.24, 2.45) is 0 Å². The molecule has 0 spiro atoms. The monoisotopic (exact) mass is 652 g/mol. The number of hydrogen-bond acceptors (Lipinski definition) is 3. The van der Waals surface area contributed by atoms with Gasteiger partial charge in [0.15, 0.2) is 0 Å². The molecule has 0 aliphatic rings. The fourth-order valence-corrected chi connectivity index (χ4v) is 7.82. The van der Waals surface area contributed by atoms with Gasteiger partial charge < -0.3 is 13.3 Å². The molecular formula is C48H28O3. The van der Waals surface area contributed by atoms with Crippen LogP contribution in [0.2, 0.25) is 0 Å². The highest BCUT2D eigenvalue weighted by molar-refractivity contribution is 6.11. The second kappa shape index (κ2) is 10.8. The predicted octanol–water partition coefficient (Wildman–Crippen LogP) is 14.1. The Morgan fingerprint density at radius 3 is 1.14 bits per heavy atom. The molecule has 3 heterocycles. The maximum Gasteiger partial charge on any atom is 0.143 e. The van der Waals surface area contributed by atoms with E-state index in [1.54, 1.807) is 0 Å². The van der Waals surface area contributed by atoms with Crippen molar-refractivity contribution < 1.29 is 13.3 Å². The van der Waals surface area contributed by atoms with Gasteiger partial charge in [0.25, 0.3) is 0 Å². The third kappa shape index (κ3) is 4.38. The second-order valence-corrected chi connectivity index (χ2v) is 13.2. The molecule has 8 aromatic carbocycles. The summed E-state index contributed by atoms with van der Waals surface area (Å²) in [5.41, 5.74) is 14.4. The standard InChI is InChI=1S/C48H28O3/c1-3-19-43-37(13-1)39-17-7-15-35(47(39)50-43)33-11-5-9-29(25-33)31-21-23-45-41(27-31)42-28-32(22-24-46(42)49-45)30-10-6-12-34(26-30)36-16-8-18-40-38-14-2-4-20-44(38)51-48(36)40/h1-28H. The summed E-state index contributed by atoms with van der Waals surface area (Å²) < 4.78 is 19.1. The molecule has 0 radical (unpaired) electrons. The van der Waals surface area contributed by atoms with E-state index in [0.717, 1.165) is 110 Å². The number of fused-ring (bicyclic) bond motifs is 9. The molecule has 0 saturated heterocycles. The highest BCUT2D eigenvalue weighted by Crippen LogP contribution is 2.40. The quantitative estimate of drug-likeness (QED) is 0.190. The number of rotatable bonds is 4. The Balaban J connectivity index is 0.994. The lowest BCUT2D eigenvalue weighted by molar-refractivity contribution is 0.669. The number of hydrogen-bond donors (Lipinski definition) is 0. The van der Waals surface area contributed by atoms with Gasteiger partial charge in [-0.15, -0.1) is 0 Å². The lowest BCUT2D eigenvalue weighted by Crippen LogP contribution is -1.83. The molecule has 0 amide bonds. The molecule has 0 atom stereocenters. The van der Waals surface area contributed by atoms with E-state index in [2.05, 4.69) is 146 Å². The van der Waals surface area contributed by atoms with Gasteiger partial charge in [0.2, 0.25) is 0 Å². The maximum atomic E-state index is 6.37. The average molecular weight is 653 g/mol. The van der Waals surface area contributed by atoms with Crippen molar-refractivity contribution in [2.75, 3.05) is 0 Å². The van der Waals surface area contributed by atoms with Crippen LogP contribution in [0, 0.1) is 0 Å². The molecular weight excluding hydrogens is 625 g/mol. The highest BCUT2D eigenvalue weighted by atomic mass is 16.3. The van der Waals surface area contributed by atoms with E-state index in [9.17, 15) is 0 Å². The molecule has 11 rings (SSSR count). The lowest BCUT2D eigenvalue weighted by Gasteiger charge is -2.08. The van der Waals surface area contributed by atoms with E-state index in [-0.39, 0.29) is 0 Å². The van der Waals surface area contributed by atoms with Crippen LogP contribution in [0.5, 0.6) is 0 Å². The van der Waals surface area contributed by atoms with E-state index < -0.39 is 0 Å². The van der Waals surface area contributed by atoms with Gasteiger partial charge in [-0.2, -0.15) is 0 Å². The zero-order valence-electron chi connectivity index (χ0n) is 27.4. The first-order chi connectivity index (χ1) is 25.2. The van der Waals surface area contributed by atoms with Gasteiger partial charge in [-0.1, -0.05) is 121 Å². The molecule has 0 bridgehead atoms. The van der Waals surface area contributed by atoms with Gasteiger partial charge in [0, 0.05) is 43.4 Å². The number of furan rings is 3. The molecule has 3 aromatic heterocycles. The summed E-state index contributed by atoms with van der Waals surface area (Å²) >= 11 is 0. The number of para-hydroxylation sites is 4. The van der Waals surface area contributed by atoms with E-state index in [1.165, 1.54) is 0 Å². The smallest absolute Gasteiger partial charge is 0.143 e. The number of benzene rings is 8. The minimum atomic E-state index is 0.874. The highest BCUT2D eigenvalue weighted by Gasteiger charge is 2.16. The zero-order chi connectivity index (χ0) is 33.5. The SMILES string of the molecule is c1cc(-c2ccc3oc4ccc(-c5cccc(-c6cccc7c6oc6ccccc67)c5)cc4c3c2)cc(-c2cccc3c2oc2ccccc23)c1. The molecule has 238 valence electrons. The summed E-state index contributed by atoms with van der Waals surface area (Å²) in [6.45, 7) is 0. The molecule has 0 aliphatic carbocycles. The average Bonchev–Trinajstić information content (AvgIpc) is 3.89. The Kier molecular flexibility index (Phi) is 5.96. The minimum Gasteiger partial charge on any atom is -0.456 e. The fraction of sp³-hybridized carbons (Fsp3) is 0. The van der Waals surface area contributed by atoms with Crippen LogP contribution in [0.25, 0.3) is 110 Å². The summed E-state index contributed by atoms with van der Waals surface area (Å²) in [6.07, 6.45) is 0. The van der Waals surface area contributed by atoms with Crippen molar-refractivity contribution in [3.05, 3.63) is 170 Å². The predicted molar refractivity (Wildman–Crippen MR) is 210 cm³/mol. The largest absolute Gasteiger partial charge is 0.456 e.